The van der Waals surface area contributed by atoms with Gasteiger partial charge in [0, 0.05) is 19.0 Å². The van der Waals surface area contributed by atoms with Crippen LogP contribution in [0.2, 0.25) is 0 Å². The summed E-state index contributed by atoms with van der Waals surface area (Å²) in [5.41, 5.74) is -0.270. The number of hydrogen-bond donors (Lipinski definition) is 1. The molecule has 2 aromatic rings. The topological polar surface area (TPSA) is 37.3 Å². The maximum Gasteiger partial charge on any atom is 0.338 e. The number of benzene rings is 1. The maximum atomic E-state index is 13.6. The van der Waals surface area contributed by atoms with E-state index in [4.69, 9.17) is 5.11 Å². The monoisotopic (exact) mass is 322 g/mol. The molecule has 0 bridgehead atoms. The number of carboxylic acid groups (broad SMARTS) is 1. The Kier molecular flexibility index (Phi) is 2.44. The zero-order chi connectivity index (χ0) is 10.3. The first kappa shape index (κ1) is 9.85. The molecule has 0 aliphatic rings. The summed E-state index contributed by atoms with van der Waals surface area (Å²) < 4.78 is 15.2. The molecule has 1 N–H and O–H groups in total. The molecule has 1 aromatic carbocycles. The fourth-order valence-corrected chi connectivity index (χ4v) is 3.12. The predicted octanol–water partition coefficient (Wildman–Crippen LogP) is 3.34. The van der Waals surface area contributed by atoms with Crippen molar-refractivity contribution in [3.8, 4) is 0 Å². The summed E-state index contributed by atoms with van der Waals surface area (Å²) in [5, 5.41) is 10.9. The van der Waals surface area contributed by atoms with Crippen LogP contribution >= 0.6 is 33.9 Å². The second-order valence-corrected chi connectivity index (χ2v) is 4.76. The Morgan fingerprint density at radius 3 is 2.86 bits per heavy atom. The Morgan fingerprint density at radius 2 is 2.21 bits per heavy atom. The molecule has 14 heavy (non-hydrogen) atoms. The lowest BCUT2D eigenvalue weighted by molar-refractivity contribution is 0.0692. The highest BCUT2D eigenvalue weighted by atomic mass is 127. The van der Waals surface area contributed by atoms with Crippen molar-refractivity contribution in [1.29, 1.82) is 0 Å². The van der Waals surface area contributed by atoms with Gasteiger partial charge in [0.15, 0.2) is 0 Å². The Labute approximate surface area is 96.5 Å². The van der Waals surface area contributed by atoms with E-state index in [9.17, 15) is 9.18 Å². The van der Waals surface area contributed by atoms with Crippen molar-refractivity contribution in [2.45, 2.75) is 0 Å². The predicted molar refractivity (Wildman–Crippen MR) is 61.5 cm³/mol. The number of carbonyl (C=O) groups is 1. The summed E-state index contributed by atoms with van der Waals surface area (Å²) in [5.74, 6) is -1.87. The quantitative estimate of drug-likeness (QED) is 0.818. The van der Waals surface area contributed by atoms with Gasteiger partial charge in [-0.1, -0.05) is 0 Å². The van der Waals surface area contributed by atoms with Gasteiger partial charge in [0.25, 0.3) is 0 Å². The van der Waals surface area contributed by atoms with Gasteiger partial charge in [0.1, 0.15) is 5.82 Å². The van der Waals surface area contributed by atoms with Crippen LogP contribution in [0.4, 0.5) is 4.39 Å². The van der Waals surface area contributed by atoms with Crippen LogP contribution in [0.5, 0.6) is 0 Å². The van der Waals surface area contributed by atoms with E-state index < -0.39 is 11.8 Å². The zero-order valence-electron chi connectivity index (χ0n) is 6.75. The lowest BCUT2D eigenvalue weighted by atomic mass is 10.1. The molecule has 0 aliphatic carbocycles. The van der Waals surface area contributed by atoms with E-state index >= 15 is 0 Å². The second-order valence-electron chi connectivity index (χ2n) is 2.69. The van der Waals surface area contributed by atoms with Crippen molar-refractivity contribution in [3.05, 3.63) is 32.5 Å². The van der Waals surface area contributed by atoms with Crippen molar-refractivity contribution in [2.24, 2.45) is 0 Å². The highest BCUT2D eigenvalue weighted by Crippen LogP contribution is 2.31. The molecule has 2 rings (SSSR count). The number of rotatable bonds is 1. The van der Waals surface area contributed by atoms with Gasteiger partial charge in [-0.05, 0) is 34.7 Å². The van der Waals surface area contributed by atoms with Gasteiger partial charge < -0.3 is 5.11 Å². The number of thiophene rings is 1. The van der Waals surface area contributed by atoms with Gasteiger partial charge in [-0.3, -0.25) is 0 Å². The second kappa shape index (κ2) is 3.47. The molecule has 0 spiro atoms. The Hall–Kier alpha value is -0.690. The van der Waals surface area contributed by atoms with Crippen LogP contribution in [-0.2, 0) is 0 Å². The molecule has 72 valence electrons. The molecule has 0 fully saturated rings. The third kappa shape index (κ3) is 1.40. The normalized spacial score (nSPS) is 10.7. The van der Waals surface area contributed by atoms with Gasteiger partial charge in [-0.2, -0.15) is 0 Å². The number of carboxylic acids is 1. The zero-order valence-corrected chi connectivity index (χ0v) is 9.73. The van der Waals surface area contributed by atoms with Gasteiger partial charge in [0.05, 0.1) is 5.56 Å². The van der Waals surface area contributed by atoms with E-state index in [0.29, 0.717) is 5.39 Å². The average molecular weight is 322 g/mol. The standard InChI is InChI=1S/C9H4FIO2S/c10-8-4(9(12)13)1-2-6-7(8)5(11)3-14-6/h1-3H,(H,12,13). The molecule has 1 heterocycles. The minimum absolute atomic E-state index is 0.270. The van der Waals surface area contributed by atoms with Gasteiger partial charge in [-0.15, -0.1) is 11.3 Å². The number of hydrogen-bond acceptors (Lipinski definition) is 2. The van der Waals surface area contributed by atoms with Crippen LogP contribution < -0.4 is 0 Å². The molecule has 0 atom stereocenters. The molecule has 5 heteroatoms. The summed E-state index contributed by atoms with van der Waals surface area (Å²) in [6.45, 7) is 0. The van der Waals surface area contributed by atoms with Crippen molar-refractivity contribution in [3.63, 3.8) is 0 Å². The molecule has 0 saturated carbocycles. The third-order valence-electron chi connectivity index (χ3n) is 1.86. The largest absolute Gasteiger partial charge is 0.478 e. The third-order valence-corrected chi connectivity index (χ3v) is 4.08. The van der Waals surface area contributed by atoms with E-state index in [0.717, 1.165) is 8.27 Å². The van der Waals surface area contributed by atoms with Crippen molar-refractivity contribution < 1.29 is 14.3 Å². The number of fused-ring (bicyclic) bond motifs is 1. The highest BCUT2D eigenvalue weighted by Gasteiger charge is 2.15. The van der Waals surface area contributed by atoms with E-state index in [1.54, 1.807) is 11.4 Å². The molecule has 0 amide bonds. The Balaban J connectivity index is 2.86. The van der Waals surface area contributed by atoms with E-state index in [2.05, 4.69) is 0 Å². The lowest BCUT2D eigenvalue weighted by Gasteiger charge is -1.98. The molecular formula is C9H4FIO2S. The van der Waals surface area contributed by atoms with Crippen LogP contribution in [0.25, 0.3) is 10.1 Å². The summed E-state index contributed by atoms with van der Waals surface area (Å²) in [6, 6.07) is 2.93. The molecular weight excluding hydrogens is 318 g/mol. The van der Waals surface area contributed by atoms with E-state index in [1.807, 2.05) is 22.6 Å². The Morgan fingerprint density at radius 1 is 1.50 bits per heavy atom. The van der Waals surface area contributed by atoms with Crippen LogP contribution in [-0.4, -0.2) is 11.1 Å². The van der Waals surface area contributed by atoms with Crippen molar-refractivity contribution in [1.82, 2.24) is 0 Å². The average Bonchev–Trinajstić information content (AvgIpc) is 2.48. The molecule has 0 aliphatic heterocycles. The van der Waals surface area contributed by atoms with E-state index in [-0.39, 0.29) is 5.56 Å². The van der Waals surface area contributed by atoms with E-state index in [1.165, 1.54) is 17.4 Å². The summed E-state index contributed by atoms with van der Waals surface area (Å²) in [6.07, 6.45) is 0. The molecule has 1 aromatic heterocycles. The summed E-state index contributed by atoms with van der Waals surface area (Å²) in [7, 11) is 0. The first-order valence-electron chi connectivity index (χ1n) is 3.69. The van der Waals surface area contributed by atoms with Crippen molar-refractivity contribution in [2.75, 3.05) is 0 Å². The Bertz CT molecular complexity index is 521. The van der Waals surface area contributed by atoms with Gasteiger partial charge in [0.2, 0.25) is 0 Å². The fraction of sp³-hybridized carbons (Fsp3) is 0. The lowest BCUT2D eigenvalue weighted by Crippen LogP contribution is -2.00. The molecule has 0 saturated heterocycles. The molecule has 2 nitrogen and oxygen atoms in total. The van der Waals surface area contributed by atoms with Crippen molar-refractivity contribution >= 4 is 50.0 Å². The highest BCUT2D eigenvalue weighted by molar-refractivity contribution is 14.1. The molecule has 0 unspecified atom stereocenters. The van der Waals surface area contributed by atoms with Crippen LogP contribution in [0.3, 0.4) is 0 Å². The van der Waals surface area contributed by atoms with Crippen LogP contribution in [0.15, 0.2) is 17.5 Å². The van der Waals surface area contributed by atoms with Gasteiger partial charge in [-0.25, -0.2) is 9.18 Å². The van der Waals surface area contributed by atoms with Gasteiger partial charge >= 0.3 is 5.97 Å². The first-order chi connectivity index (χ1) is 6.61. The molecule has 0 radical (unpaired) electrons. The SMILES string of the molecule is O=C(O)c1ccc2scc(I)c2c1F. The number of aromatic carboxylic acids is 1. The number of halogens is 2. The summed E-state index contributed by atoms with van der Waals surface area (Å²) in [4.78, 5) is 10.7. The fourth-order valence-electron chi connectivity index (χ4n) is 1.22. The minimum atomic E-state index is -1.23. The van der Waals surface area contributed by atoms with Crippen LogP contribution in [0.1, 0.15) is 10.4 Å². The maximum absolute atomic E-state index is 13.6. The first-order valence-corrected chi connectivity index (χ1v) is 5.65. The smallest absolute Gasteiger partial charge is 0.338 e. The summed E-state index contributed by atoms with van der Waals surface area (Å²) >= 11 is 3.40. The minimum Gasteiger partial charge on any atom is -0.478 e. The van der Waals surface area contributed by atoms with Crippen LogP contribution in [0, 0.1) is 9.39 Å².